The average molecular weight is 493 g/mol. The van der Waals surface area contributed by atoms with Crippen LogP contribution in [0, 0.1) is 11.7 Å². The second kappa shape index (κ2) is 14.3. The number of halogens is 2. The van der Waals surface area contributed by atoms with Crippen molar-refractivity contribution in [2.24, 2.45) is 5.92 Å². The molecule has 0 bridgehead atoms. The molecule has 0 N–H and O–H groups in total. The molecule has 0 aromatic heterocycles. The number of alkyl halides is 1. The number of rotatable bonds is 14. The van der Waals surface area contributed by atoms with Crippen molar-refractivity contribution in [3.8, 4) is 11.1 Å². The van der Waals surface area contributed by atoms with Gasteiger partial charge in [0.2, 0.25) is 5.78 Å². The van der Waals surface area contributed by atoms with Gasteiger partial charge in [0.25, 0.3) is 0 Å². The van der Waals surface area contributed by atoms with Gasteiger partial charge in [-0.15, -0.1) is 0 Å². The van der Waals surface area contributed by atoms with Crippen LogP contribution in [-0.2, 0) is 11.2 Å². The van der Waals surface area contributed by atoms with Gasteiger partial charge in [0, 0.05) is 11.1 Å². The molecule has 36 heavy (non-hydrogen) atoms. The van der Waals surface area contributed by atoms with Crippen molar-refractivity contribution in [2.75, 3.05) is 0 Å². The van der Waals surface area contributed by atoms with E-state index in [0.29, 0.717) is 16.7 Å². The molecule has 0 saturated carbocycles. The fraction of sp³-hybridized carbons (Fsp3) is 0.485. The lowest BCUT2D eigenvalue weighted by molar-refractivity contribution is -0.117. The Morgan fingerprint density at radius 2 is 1.44 bits per heavy atom. The van der Waals surface area contributed by atoms with Crippen molar-refractivity contribution < 1.29 is 13.6 Å². The third kappa shape index (κ3) is 7.48. The molecule has 3 rings (SSSR count). The number of hydrogen-bond donors (Lipinski definition) is 0. The van der Waals surface area contributed by atoms with Crippen molar-refractivity contribution >= 4 is 11.4 Å². The minimum Gasteiger partial charge on any atom is -0.290 e. The maximum absolute atomic E-state index is 15.1. The topological polar surface area (TPSA) is 17.1 Å². The van der Waals surface area contributed by atoms with Crippen LogP contribution < -0.4 is 0 Å². The second-order valence-corrected chi connectivity index (χ2v) is 10.3. The zero-order chi connectivity index (χ0) is 25.9. The number of allylic oxidation sites excluding steroid dienone is 4. The summed E-state index contributed by atoms with van der Waals surface area (Å²) in [6.45, 7) is 6.35. The van der Waals surface area contributed by atoms with Crippen LogP contribution in [0.3, 0.4) is 0 Å². The summed E-state index contributed by atoms with van der Waals surface area (Å²) in [5.74, 6) is -0.944. The Labute approximate surface area is 216 Å². The summed E-state index contributed by atoms with van der Waals surface area (Å²) in [6.07, 6.45) is 14.5. The molecule has 194 valence electrons. The van der Waals surface area contributed by atoms with Crippen molar-refractivity contribution in [1.82, 2.24) is 0 Å². The predicted octanol–water partition coefficient (Wildman–Crippen LogP) is 9.84. The van der Waals surface area contributed by atoms with Crippen LogP contribution in [0.4, 0.5) is 8.78 Å². The number of aryl methyl sites for hydroxylation is 1. The van der Waals surface area contributed by atoms with E-state index in [0.717, 1.165) is 37.7 Å². The van der Waals surface area contributed by atoms with Crippen LogP contribution in [-0.4, -0.2) is 12.0 Å². The summed E-state index contributed by atoms with van der Waals surface area (Å²) < 4.78 is 30.1. The summed E-state index contributed by atoms with van der Waals surface area (Å²) in [7, 11) is 0. The molecule has 1 unspecified atom stereocenters. The molecule has 0 amide bonds. The van der Waals surface area contributed by atoms with Gasteiger partial charge in [0.15, 0.2) is 6.17 Å². The van der Waals surface area contributed by atoms with Crippen molar-refractivity contribution in [3.05, 3.63) is 77.1 Å². The van der Waals surface area contributed by atoms with Gasteiger partial charge in [0.05, 0.1) is 0 Å². The number of unbranched alkanes of at least 4 members (excludes halogenated alkanes) is 7. The third-order valence-corrected chi connectivity index (χ3v) is 7.40. The fourth-order valence-corrected chi connectivity index (χ4v) is 5.03. The Balaban J connectivity index is 1.66. The highest BCUT2D eigenvalue weighted by Crippen LogP contribution is 2.33. The molecule has 0 aliphatic heterocycles. The van der Waals surface area contributed by atoms with Gasteiger partial charge < -0.3 is 0 Å². The molecule has 0 heterocycles. The van der Waals surface area contributed by atoms with Crippen LogP contribution in [0.5, 0.6) is 0 Å². The first-order chi connectivity index (χ1) is 17.5. The van der Waals surface area contributed by atoms with E-state index in [2.05, 4.69) is 26.0 Å². The molecule has 1 nitrogen and oxygen atoms in total. The van der Waals surface area contributed by atoms with E-state index >= 15 is 8.78 Å². The molecule has 0 spiro atoms. The Hall–Kier alpha value is -2.55. The summed E-state index contributed by atoms with van der Waals surface area (Å²) in [4.78, 5) is 12.8. The highest BCUT2D eigenvalue weighted by molar-refractivity contribution is 6.25. The predicted molar refractivity (Wildman–Crippen MR) is 148 cm³/mol. The molecular weight excluding hydrogens is 450 g/mol. The Morgan fingerprint density at radius 1 is 0.806 bits per heavy atom. The molecule has 2 aromatic rings. The SMILES string of the molecule is CCCCCCCCc1ccc(-c2ccc(C3=CC=C([C@H](C)CCCCC)C(F)C3=O)cc2F)cc1. The van der Waals surface area contributed by atoms with E-state index in [-0.39, 0.29) is 11.5 Å². The fourth-order valence-electron chi connectivity index (χ4n) is 5.03. The van der Waals surface area contributed by atoms with E-state index in [4.69, 9.17) is 0 Å². The Kier molecular flexibility index (Phi) is 11.1. The first-order valence-corrected chi connectivity index (χ1v) is 14.0. The minimum atomic E-state index is -1.65. The number of ketones is 1. The molecule has 2 aromatic carbocycles. The minimum absolute atomic E-state index is 0.0245. The largest absolute Gasteiger partial charge is 0.290 e. The van der Waals surface area contributed by atoms with E-state index < -0.39 is 17.8 Å². The van der Waals surface area contributed by atoms with E-state index in [1.54, 1.807) is 24.3 Å². The molecule has 2 atom stereocenters. The lowest BCUT2D eigenvalue weighted by Crippen LogP contribution is -2.25. The number of hydrogen-bond acceptors (Lipinski definition) is 1. The maximum Gasteiger partial charge on any atom is 0.201 e. The zero-order valence-electron chi connectivity index (χ0n) is 22.3. The van der Waals surface area contributed by atoms with Gasteiger partial charge in [-0.25, -0.2) is 8.78 Å². The van der Waals surface area contributed by atoms with Gasteiger partial charge in [-0.2, -0.15) is 0 Å². The molecule has 0 radical (unpaired) electrons. The molecular formula is C33H42F2O. The monoisotopic (exact) mass is 492 g/mol. The smallest absolute Gasteiger partial charge is 0.201 e. The molecule has 0 saturated heterocycles. The second-order valence-electron chi connectivity index (χ2n) is 10.3. The number of benzene rings is 2. The first-order valence-electron chi connectivity index (χ1n) is 14.0. The summed E-state index contributed by atoms with van der Waals surface area (Å²) in [6, 6.07) is 12.8. The number of carbonyl (C=O) groups is 1. The van der Waals surface area contributed by atoms with Crippen molar-refractivity contribution in [1.29, 1.82) is 0 Å². The highest BCUT2D eigenvalue weighted by atomic mass is 19.1. The van der Waals surface area contributed by atoms with Crippen molar-refractivity contribution in [3.63, 3.8) is 0 Å². The van der Waals surface area contributed by atoms with Crippen LogP contribution in [0.2, 0.25) is 0 Å². The summed E-state index contributed by atoms with van der Waals surface area (Å²) in [5.41, 5.74) is 3.78. The van der Waals surface area contributed by atoms with Gasteiger partial charge in [-0.1, -0.05) is 121 Å². The van der Waals surface area contributed by atoms with E-state index in [9.17, 15) is 4.79 Å². The molecule has 1 aliphatic carbocycles. The van der Waals surface area contributed by atoms with Crippen molar-refractivity contribution in [2.45, 2.75) is 97.6 Å². The molecule has 3 heteroatoms. The standard InChI is InChI=1S/C33H42F2O/c1-4-6-8-9-10-12-14-25-15-17-26(18-16-25)29-20-19-27(23-31(29)34)30-22-21-28(32(35)33(30)36)24(3)13-11-7-5-2/h15-24,32H,4-14H2,1-3H3/t24-,32?/m1/s1. The number of Topliss-reactive ketones (excluding diaryl/α,β-unsaturated/α-hetero) is 1. The lowest BCUT2D eigenvalue weighted by Gasteiger charge is -2.23. The van der Waals surface area contributed by atoms with Gasteiger partial charge in [0.1, 0.15) is 5.82 Å². The van der Waals surface area contributed by atoms with Gasteiger partial charge in [-0.3, -0.25) is 4.79 Å². The first kappa shape index (κ1) is 28.0. The molecule has 1 aliphatic rings. The normalized spacial score (nSPS) is 16.6. The van der Waals surface area contributed by atoms with Gasteiger partial charge in [-0.05, 0) is 53.5 Å². The number of carbonyl (C=O) groups excluding carboxylic acids is 1. The van der Waals surface area contributed by atoms with E-state index in [1.807, 2.05) is 19.1 Å². The van der Waals surface area contributed by atoms with Crippen LogP contribution in [0.15, 0.2) is 60.2 Å². The zero-order valence-corrected chi connectivity index (χ0v) is 22.3. The lowest BCUT2D eigenvalue weighted by atomic mass is 9.83. The molecule has 0 fully saturated rings. The maximum atomic E-state index is 15.1. The Bertz CT molecular complexity index is 1050. The average Bonchev–Trinajstić information content (AvgIpc) is 2.88. The van der Waals surface area contributed by atoms with Crippen LogP contribution in [0.1, 0.15) is 96.1 Å². The highest BCUT2D eigenvalue weighted by Gasteiger charge is 2.31. The van der Waals surface area contributed by atoms with E-state index in [1.165, 1.54) is 50.2 Å². The summed E-state index contributed by atoms with van der Waals surface area (Å²) in [5, 5.41) is 0. The van der Waals surface area contributed by atoms with Gasteiger partial charge >= 0.3 is 0 Å². The van der Waals surface area contributed by atoms with Crippen LogP contribution >= 0.6 is 0 Å². The quantitative estimate of drug-likeness (QED) is 0.240. The third-order valence-electron chi connectivity index (χ3n) is 7.40. The summed E-state index contributed by atoms with van der Waals surface area (Å²) >= 11 is 0. The Morgan fingerprint density at radius 3 is 2.14 bits per heavy atom. The van der Waals surface area contributed by atoms with Crippen LogP contribution in [0.25, 0.3) is 16.7 Å².